The molecule has 18 heavy (non-hydrogen) atoms. The van der Waals surface area contributed by atoms with Gasteiger partial charge in [-0.25, -0.2) is 4.98 Å². The lowest BCUT2D eigenvalue weighted by Crippen LogP contribution is -2.38. The Hall–Kier alpha value is -1.29. The second kappa shape index (κ2) is 5.57. The molecule has 2 rings (SSSR count). The largest absolute Gasteiger partial charge is 0.397 e. The van der Waals surface area contributed by atoms with Crippen LogP contribution in [0.1, 0.15) is 36.5 Å². The molecular weight excluding hydrogens is 250 g/mol. The van der Waals surface area contributed by atoms with E-state index in [1.807, 2.05) is 4.90 Å². The van der Waals surface area contributed by atoms with Crippen LogP contribution >= 0.6 is 11.6 Å². The summed E-state index contributed by atoms with van der Waals surface area (Å²) in [6.45, 7) is 3.80. The number of halogens is 1. The quantitative estimate of drug-likeness (QED) is 0.838. The minimum Gasteiger partial charge on any atom is -0.397 e. The first-order chi connectivity index (χ1) is 8.61. The molecule has 0 aliphatic carbocycles. The van der Waals surface area contributed by atoms with Crippen molar-refractivity contribution in [3.63, 3.8) is 0 Å². The molecule has 0 unspecified atom stereocenters. The van der Waals surface area contributed by atoms with Crippen molar-refractivity contribution in [2.75, 3.05) is 18.8 Å². The first-order valence-corrected chi connectivity index (χ1v) is 6.70. The van der Waals surface area contributed by atoms with Crippen LogP contribution in [0.5, 0.6) is 0 Å². The zero-order chi connectivity index (χ0) is 13.1. The number of nitrogen functional groups attached to an aromatic ring is 1. The SMILES string of the molecule is CCC1CCN(C(=O)c2cc(Cl)ncc2N)CC1. The van der Waals surface area contributed by atoms with Gasteiger partial charge in [0.25, 0.3) is 5.91 Å². The van der Waals surface area contributed by atoms with Crippen molar-refractivity contribution in [1.29, 1.82) is 0 Å². The highest BCUT2D eigenvalue weighted by atomic mass is 35.5. The van der Waals surface area contributed by atoms with Crippen LogP contribution in [0.4, 0.5) is 5.69 Å². The second-order valence-corrected chi connectivity index (χ2v) is 5.13. The van der Waals surface area contributed by atoms with E-state index in [2.05, 4.69) is 11.9 Å². The first-order valence-electron chi connectivity index (χ1n) is 6.32. The smallest absolute Gasteiger partial charge is 0.256 e. The van der Waals surface area contributed by atoms with Crippen LogP contribution in [0.3, 0.4) is 0 Å². The van der Waals surface area contributed by atoms with Gasteiger partial charge >= 0.3 is 0 Å². The van der Waals surface area contributed by atoms with Gasteiger partial charge in [-0.15, -0.1) is 0 Å². The molecule has 0 radical (unpaired) electrons. The molecule has 1 aliphatic heterocycles. The molecule has 2 N–H and O–H groups in total. The summed E-state index contributed by atoms with van der Waals surface area (Å²) in [7, 11) is 0. The van der Waals surface area contributed by atoms with Gasteiger partial charge in [0.15, 0.2) is 0 Å². The number of aromatic nitrogens is 1. The van der Waals surface area contributed by atoms with Crippen molar-refractivity contribution in [3.8, 4) is 0 Å². The number of carbonyl (C=O) groups excluding carboxylic acids is 1. The van der Waals surface area contributed by atoms with E-state index in [4.69, 9.17) is 17.3 Å². The lowest BCUT2D eigenvalue weighted by atomic mass is 9.94. The van der Waals surface area contributed by atoms with Crippen LogP contribution in [0, 0.1) is 5.92 Å². The number of rotatable bonds is 2. The normalized spacial score (nSPS) is 16.9. The third kappa shape index (κ3) is 2.75. The molecular formula is C13H18ClN3O. The molecule has 0 aromatic carbocycles. The third-order valence-corrected chi connectivity index (χ3v) is 3.82. The van der Waals surface area contributed by atoms with Crippen LogP contribution in [0.15, 0.2) is 12.3 Å². The summed E-state index contributed by atoms with van der Waals surface area (Å²) in [6, 6.07) is 1.55. The number of hydrogen-bond donors (Lipinski definition) is 1. The fourth-order valence-electron chi connectivity index (χ4n) is 2.34. The van der Waals surface area contributed by atoms with Crippen molar-refractivity contribution in [2.45, 2.75) is 26.2 Å². The van der Waals surface area contributed by atoms with Gasteiger partial charge in [-0.05, 0) is 24.8 Å². The van der Waals surface area contributed by atoms with E-state index >= 15 is 0 Å². The number of amides is 1. The molecule has 4 nitrogen and oxygen atoms in total. The van der Waals surface area contributed by atoms with E-state index in [1.54, 1.807) is 6.07 Å². The molecule has 0 saturated carbocycles. The number of anilines is 1. The molecule has 1 aliphatic rings. The van der Waals surface area contributed by atoms with E-state index in [0.717, 1.165) is 31.8 Å². The minimum atomic E-state index is -0.0358. The van der Waals surface area contributed by atoms with Gasteiger partial charge < -0.3 is 10.6 Å². The maximum Gasteiger partial charge on any atom is 0.256 e. The summed E-state index contributed by atoms with van der Waals surface area (Å²) >= 11 is 5.81. The van der Waals surface area contributed by atoms with Gasteiger partial charge in [-0.1, -0.05) is 24.9 Å². The molecule has 5 heteroatoms. The predicted octanol–water partition coefficient (Wildman–Crippen LogP) is 2.58. The number of likely N-dealkylation sites (tertiary alicyclic amines) is 1. The molecule has 0 atom stereocenters. The van der Waals surface area contributed by atoms with Crippen LogP contribution < -0.4 is 5.73 Å². The zero-order valence-corrected chi connectivity index (χ0v) is 11.3. The topological polar surface area (TPSA) is 59.2 Å². The monoisotopic (exact) mass is 267 g/mol. The maximum atomic E-state index is 12.3. The van der Waals surface area contributed by atoms with Crippen molar-refractivity contribution < 1.29 is 4.79 Å². The molecule has 98 valence electrons. The van der Waals surface area contributed by atoms with E-state index in [9.17, 15) is 4.79 Å². The molecule has 0 bridgehead atoms. The summed E-state index contributed by atoms with van der Waals surface area (Å²) < 4.78 is 0. The van der Waals surface area contributed by atoms with Gasteiger partial charge in [-0.3, -0.25) is 4.79 Å². The van der Waals surface area contributed by atoms with Crippen molar-refractivity contribution in [1.82, 2.24) is 9.88 Å². The van der Waals surface area contributed by atoms with Gasteiger partial charge in [0, 0.05) is 13.1 Å². The summed E-state index contributed by atoms with van der Waals surface area (Å²) in [4.78, 5) is 18.0. The van der Waals surface area contributed by atoms with Crippen LogP contribution in [0.2, 0.25) is 5.15 Å². The van der Waals surface area contributed by atoms with Gasteiger partial charge in [-0.2, -0.15) is 0 Å². The van der Waals surface area contributed by atoms with E-state index in [1.165, 1.54) is 12.6 Å². The molecule has 1 saturated heterocycles. The van der Waals surface area contributed by atoms with Crippen molar-refractivity contribution >= 4 is 23.2 Å². The number of nitrogens with zero attached hydrogens (tertiary/aromatic N) is 2. The lowest BCUT2D eigenvalue weighted by Gasteiger charge is -2.31. The van der Waals surface area contributed by atoms with Gasteiger partial charge in [0.05, 0.1) is 17.4 Å². The summed E-state index contributed by atoms with van der Waals surface area (Å²) in [6.07, 6.45) is 4.77. The molecule has 0 spiro atoms. The first kappa shape index (κ1) is 13.1. The Bertz CT molecular complexity index is 442. The average Bonchev–Trinajstić information content (AvgIpc) is 2.41. The van der Waals surface area contributed by atoms with Crippen LogP contribution in [0.25, 0.3) is 0 Å². The minimum absolute atomic E-state index is 0.0358. The highest BCUT2D eigenvalue weighted by Crippen LogP contribution is 2.23. The van der Waals surface area contributed by atoms with E-state index in [-0.39, 0.29) is 5.91 Å². The van der Waals surface area contributed by atoms with Crippen LogP contribution in [-0.2, 0) is 0 Å². The highest BCUT2D eigenvalue weighted by molar-refractivity contribution is 6.29. The summed E-state index contributed by atoms with van der Waals surface area (Å²) in [5.74, 6) is 0.707. The van der Waals surface area contributed by atoms with Gasteiger partial charge in [0.2, 0.25) is 0 Å². The molecule has 1 amide bonds. The zero-order valence-electron chi connectivity index (χ0n) is 10.5. The standard InChI is InChI=1S/C13H18ClN3O/c1-2-9-3-5-17(6-4-9)13(18)10-7-12(14)16-8-11(10)15/h7-9H,2-6,15H2,1H3. The van der Waals surface area contributed by atoms with Crippen molar-refractivity contribution in [2.24, 2.45) is 5.92 Å². The number of piperidine rings is 1. The molecule has 2 heterocycles. The number of hydrogen-bond acceptors (Lipinski definition) is 3. The number of carbonyl (C=O) groups is 1. The Morgan fingerprint density at radius 1 is 1.56 bits per heavy atom. The Labute approximate surface area is 112 Å². The van der Waals surface area contributed by atoms with Crippen molar-refractivity contribution in [3.05, 3.63) is 23.0 Å². The third-order valence-electron chi connectivity index (χ3n) is 3.61. The summed E-state index contributed by atoms with van der Waals surface area (Å²) in [5.41, 5.74) is 6.64. The Morgan fingerprint density at radius 3 is 2.83 bits per heavy atom. The molecule has 1 aromatic heterocycles. The highest BCUT2D eigenvalue weighted by Gasteiger charge is 2.24. The van der Waals surface area contributed by atoms with Crippen LogP contribution in [-0.4, -0.2) is 28.9 Å². The second-order valence-electron chi connectivity index (χ2n) is 4.74. The van der Waals surface area contributed by atoms with Gasteiger partial charge in [0.1, 0.15) is 5.15 Å². The fraction of sp³-hybridized carbons (Fsp3) is 0.538. The Morgan fingerprint density at radius 2 is 2.22 bits per heavy atom. The lowest BCUT2D eigenvalue weighted by molar-refractivity contribution is 0.0690. The number of nitrogens with two attached hydrogens (primary N) is 1. The Balaban J connectivity index is 2.10. The molecule has 1 aromatic rings. The predicted molar refractivity (Wildman–Crippen MR) is 72.6 cm³/mol. The summed E-state index contributed by atoms with van der Waals surface area (Å²) in [5, 5.41) is 0.302. The number of pyridine rings is 1. The average molecular weight is 268 g/mol. The van der Waals surface area contributed by atoms with E-state index < -0.39 is 0 Å². The fourth-order valence-corrected chi connectivity index (χ4v) is 2.50. The Kier molecular flexibility index (Phi) is 4.07. The molecule has 1 fully saturated rings. The maximum absolute atomic E-state index is 12.3. The van der Waals surface area contributed by atoms with E-state index in [0.29, 0.717) is 16.4 Å².